The van der Waals surface area contributed by atoms with Crippen LogP contribution in [0.15, 0.2) is 42.5 Å². The van der Waals surface area contributed by atoms with E-state index in [2.05, 4.69) is 5.32 Å². The number of methoxy groups -OCH3 is 1. The Morgan fingerprint density at radius 2 is 1.74 bits per heavy atom. The number of halogens is 1. The van der Waals surface area contributed by atoms with Gasteiger partial charge in [-0.15, -0.1) is 0 Å². The first-order valence-electron chi connectivity index (χ1n) is 11.2. The van der Waals surface area contributed by atoms with E-state index in [0.717, 1.165) is 11.3 Å². The summed E-state index contributed by atoms with van der Waals surface area (Å²) in [5.74, 6) is -0.728. The fraction of sp³-hybridized carbons (Fsp3) is 0.360. The van der Waals surface area contributed by atoms with Crippen molar-refractivity contribution in [2.45, 2.75) is 19.3 Å². The van der Waals surface area contributed by atoms with Crippen molar-refractivity contribution >= 4 is 40.9 Å². The van der Waals surface area contributed by atoms with E-state index in [1.165, 1.54) is 7.11 Å². The number of amides is 4. The normalized spacial score (nSPS) is 20.4. The predicted molar refractivity (Wildman–Crippen MR) is 125 cm³/mol. The summed E-state index contributed by atoms with van der Waals surface area (Å²) in [4.78, 5) is 53.4. The van der Waals surface area contributed by atoms with Crippen LogP contribution in [0.25, 0.3) is 0 Å². The molecule has 4 amide bonds. The first-order valence-corrected chi connectivity index (χ1v) is 11.6. The molecule has 1 spiro atoms. The summed E-state index contributed by atoms with van der Waals surface area (Å²) in [6.07, 6.45) is 2.20. The molecule has 0 radical (unpaired) electrons. The van der Waals surface area contributed by atoms with Gasteiger partial charge in [-0.25, -0.2) is 0 Å². The van der Waals surface area contributed by atoms with Gasteiger partial charge in [-0.2, -0.15) is 0 Å². The maximum absolute atomic E-state index is 12.8. The third-order valence-electron chi connectivity index (χ3n) is 7.21. The summed E-state index contributed by atoms with van der Waals surface area (Å²) in [6.45, 7) is 0.738. The second kappa shape index (κ2) is 8.43. The molecular weight excluding hydrogens is 458 g/mol. The quantitative estimate of drug-likeness (QED) is 0.661. The number of benzene rings is 2. The van der Waals surface area contributed by atoms with Gasteiger partial charge in [0.25, 0.3) is 11.8 Å². The molecule has 2 heterocycles. The molecule has 2 aliphatic heterocycles. The van der Waals surface area contributed by atoms with Gasteiger partial charge in [-0.05, 0) is 55.0 Å². The van der Waals surface area contributed by atoms with Crippen LogP contribution in [-0.4, -0.2) is 60.2 Å². The van der Waals surface area contributed by atoms with Crippen LogP contribution in [0.3, 0.4) is 0 Å². The van der Waals surface area contributed by atoms with Crippen LogP contribution in [0, 0.1) is 11.3 Å². The zero-order chi connectivity index (χ0) is 24.0. The molecule has 3 aliphatic rings. The van der Waals surface area contributed by atoms with E-state index in [1.807, 2.05) is 0 Å². The second-order valence-electron chi connectivity index (χ2n) is 9.08. The van der Waals surface area contributed by atoms with Gasteiger partial charge < -0.3 is 15.0 Å². The third kappa shape index (κ3) is 3.81. The number of hydrogen-bond acceptors (Lipinski definition) is 5. The summed E-state index contributed by atoms with van der Waals surface area (Å²) >= 11 is 6.14. The molecule has 2 fully saturated rings. The Hall–Kier alpha value is -3.39. The van der Waals surface area contributed by atoms with Crippen molar-refractivity contribution in [2.75, 3.05) is 32.1 Å². The van der Waals surface area contributed by atoms with Crippen LogP contribution >= 0.6 is 11.6 Å². The molecule has 8 nitrogen and oxygen atoms in total. The molecule has 0 aromatic heterocycles. The molecule has 1 atom stereocenters. The Bertz CT molecular complexity index is 1170. The van der Waals surface area contributed by atoms with Crippen molar-refractivity contribution in [3.63, 3.8) is 0 Å². The molecule has 1 saturated carbocycles. The summed E-state index contributed by atoms with van der Waals surface area (Å²) in [6, 6.07) is 11.7. The molecule has 9 heteroatoms. The van der Waals surface area contributed by atoms with E-state index in [0.29, 0.717) is 53.5 Å². The molecule has 0 bridgehead atoms. The molecule has 34 heavy (non-hydrogen) atoms. The van der Waals surface area contributed by atoms with Gasteiger partial charge in [0.1, 0.15) is 12.3 Å². The lowest BCUT2D eigenvalue weighted by Crippen LogP contribution is -2.46. The van der Waals surface area contributed by atoms with Gasteiger partial charge in [-0.1, -0.05) is 23.7 Å². The Morgan fingerprint density at radius 3 is 2.32 bits per heavy atom. The molecule has 2 aromatic carbocycles. The number of likely N-dealkylation sites (tertiary alicyclic amines) is 1. The molecule has 0 unspecified atom stereocenters. The monoisotopic (exact) mass is 481 g/mol. The number of ether oxygens (including phenoxy) is 1. The molecular formula is C25H24ClN3O5. The summed E-state index contributed by atoms with van der Waals surface area (Å²) in [5, 5.41) is 3.35. The number of imide groups is 1. The summed E-state index contributed by atoms with van der Waals surface area (Å²) < 4.78 is 5.14. The average molecular weight is 482 g/mol. The Balaban J connectivity index is 1.15. The van der Waals surface area contributed by atoms with Crippen molar-refractivity contribution in [1.82, 2.24) is 9.80 Å². The zero-order valence-electron chi connectivity index (χ0n) is 18.7. The standard InChI is InChI=1S/C25H24ClN3O5/c1-34-20-7-6-15(12-19(20)26)27-22(31)18-13-25(18)8-10-28(11-9-25)21(30)14-29-23(32)16-4-2-3-5-17(16)24(29)33/h2-7,12,18H,8-11,13-14H2,1H3,(H,27,31)/t18-/m0/s1. The minimum Gasteiger partial charge on any atom is -0.495 e. The number of piperidine rings is 1. The number of hydrogen-bond donors (Lipinski definition) is 1. The largest absolute Gasteiger partial charge is 0.495 e. The highest BCUT2D eigenvalue weighted by Gasteiger charge is 2.58. The summed E-state index contributed by atoms with van der Waals surface area (Å²) in [7, 11) is 1.53. The van der Waals surface area contributed by atoms with Gasteiger partial charge >= 0.3 is 0 Å². The number of carbonyl (C=O) groups is 4. The lowest BCUT2D eigenvalue weighted by molar-refractivity contribution is -0.133. The van der Waals surface area contributed by atoms with E-state index in [-0.39, 0.29) is 29.7 Å². The van der Waals surface area contributed by atoms with Gasteiger partial charge in [0.05, 0.1) is 23.3 Å². The highest BCUT2D eigenvalue weighted by molar-refractivity contribution is 6.32. The molecule has 1 aliphatic carbocycles. The van der Waals surface area contributed by atoms with Crippen LogP contribution in [-0.2, 0) is 9.59 Å². The number of rotatable bonds is 5. The Morgan fingerprint density at radius 1 is 1.09 bits per heavy atom. The fourth-order valence-corrected chi connectivity index (χ4v) is 5.32. The van der Waals surface area contributed by atoms with Crippen LogP contribution < -0.4 is 10.1 Å². The predicted octanol–water partition coefficient (Wildman–Crippen LogP) is 3.21. The number of carbonyl (C=O) groups excluding carboxylic acids is 4. The first kappa shape index (κ1) is 22.4. The van der Waals surface area contributed by atoms with Crippen LogP contribution in [0.1, 0.15) is 40.0 Å². The van der Waals surface area contributed by atoms with E-state index in [9.17, 15) is 19.2 Å². The molecule has 2 aromatic rings. The maximum Gasteiger partial charge on any atom is 0.262 e. The minimum absolute atomic E-state index is 0.0490. The fourth-order valence-electron chi connectivity index (χ4n) is 5.06. The number of anilines is 1. The van der Waals surface area contributed by atoms with Crippen molar-refractivity contribution in [2.24, 2.45) is 11.3 Å². The SMILES string of the molecule is COc1ccc(NC(=O)[C@@H]2CC23CCN(C(=O)CN2C(=O)c4ccccc4C2=O)CC3)cc1Cl. The van der Waals surface area contributed by atoms with Crippen molar-refractivity contribution in [1.29, 1.82) is 0 Å². The molecule has 1 saturated heterocycles. The van der Waals surface area contributed by atoms with Crippen molar-refractivity contribution in [3.8, 4) is 5.75 Å². The highest BCUT2D eigenvalue weighted by Crippen LogP contribution is 2.59. The summed E-state index contributed by atoms with van der Waals surface area (Å²) in [5.41, 5.74) is 1.18. The highest BCUT2D eigenvalue weighted by atomic mass is 35.5. The first-order chi connectivity index (χ1) is 16.3. The minimum atomic E-state index is -0.431. The number of nitrogens with one attached hydrogen (secondary N) is 1. The Kier molecular flexibility index (Phi) is 5.56. The van der Waals surface area contributed by atoms with E-state index in [1.54, 1.807) is 47.4 Å². The Labute approximate surface area is 201 Å². The lowest BCUT2D eigenvalue weighted by atomic mass is 9.90. The van der Waals surface area contributed by atoms with E-state index >= 15 is 0 Å². The van der Waals surface area contributed by atoms with Crippen LogP contribution in [0.5, 0.6) is 5.75 Å². The topological polar surface area (TPSA) is 96.0 Å². The van der Waals surface area contributed by atoms with Gasteiger partial charge in [0, 0.05) is 24.7 Å². The number of nitrogens with zero attached hydrogens (tertiary/aromatic N) is 2. The van der Waals surface area contributed by atoms with Gasteiger partial charge in [0.15, 0.2) is 0 Å². The molecule has 5 rings (SSSR count). The smallest absolute Gasteiger partial charge is 0.262 e. The van der Waals surface area contributed by atoms with Gasteiger partial charge in [0.2, 0.25) is 11.8 Å². The number of fused-ring (bicyclic) bond motifs is 1. The lowest BCUT2D eigenvalue weighted by Gasteiger charge is -2.33. The third-order valence-corrected chi connectivity index (χ3v) is 7.50. The van der Waals surface area contributed by atoms with Crippen LogP contribution in [0.2, 0.25) is 5.02 Å². The second-order valence-corrected chi connectivity index (χ2v) is 9.49. The zero-order valence-corrected chi connectivity index (χ0v) is 19.4. The maximum atomic E-state index is 12.8. The molecule has 1 N–H and O–H groups in total. The molecule has 176 valence electrons. The average Bonchev–Trinajstić information content (AvgIpc) is 3.49. The van der Waals surface area contributed by atoms with E-state index < -0.39 is 11.8 Å². The van der Waals surface area contributed by atoms with Crippen molar-refractivity contribution in [3.05, 3.63) is 58.6 Å². The van der Waals surface area contributed by atoms with Crippen molar-refractivity contribution < 1.29 is 23.9 Å². The van der Waals surface area contributed by atoms with Crippen LogP contribution in [0.4, 0.5) is 5.69 Å². The van der Waals surface area contributed by atoms with Gasteiger partial charge in [-0.3, -0.25) is 24.1 Å². The van der Waals surface area contributed by atoms with E-state index in [4.69, 9.17) is 16.3 Å².